The number of likely N-dealkylation sites (tertiary alicyclic amines) is 1. The average molecular weight is 350 g/mol. The van der Waals surface area contributed by atoms with E-state index < -0.39 is 0 Å². The topological polar surface area (TPSA) is 74.3 Å². The zero-order valence-corrected chi connectivity index (χ0v) is 15.0. The number of aromatic nitrogens is 1. The molecule has 2 fully saturated rings. The van der Waals surface area contributed by atoms with Gasteiger partial charge in [0.15, 0.2) is 5.13 Å². The Hall–Kier alpha value is -1.47. The number of hydrogen-bond acceptors (Lipinski definition) is 5. The first-order valence-electron chi connectivity index (χ1n) is 8.85. The van der Waals surface area contributed by atoms with Gasteiger partial charge in [0, 0.05) is 24.5 Å². The lowest BCUT2D eigenvalue weighted by Gasteiger charge is -2.30. The first kappa shape index (κ1) is 17.4. The van der Waals surface area contributed by atoms with Gasteiger partial charge in [0.05, 0.1) is 0 Å². The third-order valence-corrected chi connectivity index (χ3v) is 5.86. The molecule has 0 aromatic carbocycles. The second kappa shape index (κ2) is 8.07. The molecule has 0 spiro atoms. The Bertz CT molecular complexity index is 557. The Balaban J connectivity index is 1.55. The van der Waals surface area contributed by atoms with Gasteiger partial charge in [-0.05, 0) is 50.6 Å². The molecule has 6 nitrogen and oxygen atoms in total. The van der Waals surface area contributed by atoms with Crippen molar-refractivity contribution in [1.82, 2.24) is 15.2 Å². The number of amides is 2. The maximum atomic E-state index is 12.7. The van der Waals surface area contributed by atoms with Gasteiger partial charge in [-0.1, -0.05) is 6.92 Å². The summed E-state index contributed by atoms with van der Waals surface area (Å²) >= 11 is 1.40. The maximum absolute atomic E-state index is 12.7. The molecule has 1 aromatic rings. The van der Waals surface area contributed by atoms with E-state index in [1.807, 2.05) is 5.38 Å². The van der Waals surface area contributed by atoms with Crippen LogP contribution in [0.2, 0.25) is 0 Å². The lowest BCUT2D eigenvalue weighted by atomic mass is 9.85. The summed E-state index contributed by atoms with van der Waals surface area (Å²) in [4.78, 5) is 31.1. The van der Waals surface area contributed by atoms with E-state index in [1.54, 1.807) is 11.1 Å². The van der Waals surface area contributed by atoms with E-state index in [4.69, 9.17) is 0 Å². The number of thiazole rings is 1. The Morgan fingerprint density at radius 3 is 3.04 bits per heavy atom. The molecule has 0 bridgehead atoms. The van der Waals surface area contributed by atoms with Crippen LogP contribution in [0.25, 0.3) is 0 Å². The number of nitrogens with one attached hydrogen (secondary N) is 2. The van der Waals surface area contributed by atoms with Gasteiger partial charge in [0.1, 0.15) is 6.04 Å². The number of hydrogen-bond donors (Lipinski definition) is 2. The zero-order chi connectivity index (χ0) is 16.9. The van der Waals surface area contributed by atoms with Gasteiger partial charge in [0.25, 0.3) is 0 Å². The number of anilines is 1. The molecule has 0 aliphatic carbocycles. The highest BCUT2D eigenvalue weighted by Crippen LogP contribution is 2.26. The van der Waals surface area contributed by atoms with E-state index in [2.05, 4.69) is 22.5 Å². The maximum Gasteiger partial charge on any atom is 0.248 e. The van der Waals surface area contributed by atoms with Crippen LogP contribution in [0.3, 0.4) is 0 Å². The fourth-order valence-corrected chi connectivity index (χ4v) is 4.27. The quantitative estimate of drug-likeness (QED) is 0.853. The van der Waals surface area contributed by atoms with Gasteiger partial charge in [-0.25, -0.2) is 4.98 Å². The van der Waals surface area contributed by atoms with Crippen LogP contribution in [-0.4, -0.2) is 47.4 Å². The lowest BCUT2D eigenvalue weighted by Crippen LogP contribution is -2.44. The van der Waals surface area contributed by atoms with Crippen LogP contribution in [-0.2, 0) is 9.59 Å². The van der Waals surface area contributed by atoms with Gasteiger partial charge < -0.3 is 15.5 Å². The molecule has 3 rings (SSSR count). The number of carbonyl (C=O) groups excluding carboxylic acids is 2. The predicted octanol–water partition coefficient (Wildman–Crippen LogP) is 2.10. The summed E-state index contributed by atoms with van der Waals surface area (Å²) in [5, 5.41) is 8.67. The standard InChI is InChI=1S/C17H26N4O2S/c1-12(13-4-2-6-18-11-13)10-15(22)21-8-3-5-14(21)16(23)20-17-19-7-9-24-17/h7,9,12-14,18H,2-6,8,10-11H2,1H3,(H,19,20,23). The normalized spacial score (nSPS) is 25.5. The Kier molecular flexibility index (Phi) is 5.84. The van der Waals surface area contributed by atoms with Gasteiger partial charge in [0.2, 0.25) is 11.8 Å². The minimum Gasteiger partial charge on any atom is -0.331 e. The first-order valence-corrected chi connectivity index (χ1v) is 9.73. The summed E-state index contributed by atoms with van der Waals surface area (Å²) in [6.45, 7) is 4.94. The number of carbonyl (C=O) groups is 2. The van der Waals surface area contributed by atoms with Gasteiger partial charge in [-0.2, -0.15) is 0 Å². The van der Waals surface area contributed by atoms with E-state index in [0.717, 1.165) is 25.9 Å². The van der Waals surface area contributed by atoms with Crippen LogP contribution in [0.1, 0.15) is 39.0 Å². The molecular weight excluding hydrogens is 324 g/mol. The minimum atomic E-state index is -0.349. The molecule has 0 saturated carbocycles. The summed E-state index contributed by atoms with van der Waals surface area (Å²) in [7, 11) is 0. The van der Waals surface area contributed by atoms with Crippen molar-refractivity contribution >= 4 is 28.3 Å². The third kappa shape index (κ3) is 4.13. The van der Waals surface area contributed by atoms with Crippen LogP contribution < -0.4 is 10.6 Å². The predicted molar refractivity (Wildman–Crippen MR) is 94.9 cm³/mol. The average Bonchev–Trinajstić information content (AvgIpc) is 3.27. The largest absolute Gasteiger partial charge is 0.331 e. The van der Waals surface area contributed by atoms with Gasteiger partial charge in [-0.15, -0.1) is 11.3 Å². The summed E-state index contributed by atoms with van der Waals surface area (Å²) < 4.78 is 0. The summed E-state index contributed by atoms with van der Waals surface area (Å²) in [5.41, 5.74) is 0. The molecule has 24 heavy (non-hydrogen) atoms. The monoisotopic (exact) mass is 350 g/mol. The molecule has 3 heterocycles. The lowest BCUT2D eigenvalue weighted by molar-refractivity contribution is -0.137. The van der Waals surface area contributed by atoms with Crippen LogP contribution in [0.5, 0.6) is 0 Å². The molecule has 3 unspecified atom stereocenters. The summed E-state index contributed by atoms with van der Waals surface area (Å²) in [5.74, 6) is 0.925. The highest BCUT2D eigenvalue weighted by molar-refractivity contribution is 7.13. The highest BCUT2D eigenvalue weighted by Gasteiger charge is 2.35. The molecule has 1 aromatic heterocycles. The zero-order valence-electron chi connectivity index (χ0n) is 14.2. The second-order valence-corrected chi connectivity index (χ2v) is 7.75. The molecule has 132 valence electrons. The fraction of sp³-hybridized carbons (Fsp3) is 0.706. The Labute approximate surface area is 147 Å². The van der Waals surface area contributed by atoms with Crippen molar-refractivity contribution in [3.05, 3.63) is 11.6 Å². The number of piperidine rings is 1. The van der Waals surface area contributed by atoms with Crippen molar-refractivity contribution in [2.45, 2.75) is 45.1 Å². The molecule has 2 amide bonds. The van der Waals surface area contributed by atoms with Crippen LogP contribution in [0.15, 0.2) is 11.6 Å². The van der Waals surface area contributed by atoms with Crippen LogP contribution >= 0.6 is 11.3 Å². The van der Waals surface area contributed by atoms with E-state index in [0.29, 0.717) is 29.9 Å². The molecular formula is C17H26N4O2S. The molecule has 7 heteroatoms. The SMILES string of the molecule is CC(CC(=O)N1CCCC1C(=O)Nc1nccs1)C1CCCNC1. The van der Waals surface area contributed by atoms with Crippen molar-refractivity contribution in [3.63, 3.8) is 0 Å². The smallest absolute Gasteiger partial charge is 0.248 e. The molecule has 2 N–H and O–H groups in total. The van der Waals surface area contributed by atoms with Gasteiger partial charge in [-0.3, -0.25) is 9.59 Å². The number of nitrogens with zero attached hydrogens (tertiary/aromatic N) is 2. The van der Waals surface area contributed by atoms with E-state index in [1.165, 1.54) is 24.2 Å². The Morgan fingerprint density at radius 2 is 2.33 bits per heavy atom. The molecule has 0 radical (unpaired) electrons. The summed E-state index contributed by atoms with van der Waals surface area (Å²) in [6, 6.07) is -0.349. The van der Waals surface area contributed by atoms with E-state index >= 15 is 0 Å². The van der Waals surface area contributed by atoms with Crippen LogP contribution in [0.4, 0.5) is 5.13 Å². The third-order valence-electron chi connectivity index (χ3n) is 5.17. The van der Waals surface area contributed by atoms with Crippen molar-refractivity contribution in [1.29, 1.82) is 0 Å². The van der Waals surface area contributed by atoms with Crippen molar-refractivity contribution in [3.8, 4) is 0 Å². The molecule has 2 aliphatic rings. The van der Waals surface area contributed by atoms with Gasteiger partial charge >= 0.3 is 0 Å². The highest BCUT2D eigenvalue weighted by atomic mass is 32.1. The molecule has 2 saturated heterocycles. The first-order chi connectivity index (χ1) is 11.6. The van der Waals surface area contributed by atoms with Crippen molar-refractivity contribution in [2.24, 2.45) is 11.8 Å². The van der Waals surface area contributed by atoms with Crippen LogP contribution in [0, 0.1) is 11.8 Å². The number of rotatable bonds is 5. The van der Waals surface area contributed by atoms with E-state index in [-0.39, 0.29) is 17.9 Å². The molecule has 2 aliphatic heterocycles. The van der Waals surface area contributed by atoms with Crippen molar-refractivity contribution in [2.75, 3.05) is 25.0 Å². The van der Waals surface area contributed by atoms with Crippen molar-refractivity contribution < 1.29 is 9.59 Å². The minimum absolute atomic E-state index is 0.109. The van der Waals surface area contributed by atoms with E-state index in [9.17, 15) is 9.59 Å². The second-order valence-electron chi connectivity index (χ2n) is 6.86. The fourth-order valence-electron chi connectivity index (χ4n) is 3.74. The Morgan fingerprint density at radius 1 is 1.46 bits per heavy atom. The molecule has 3 atom stereocenters. The summed E-state index contributed by atoms with van der Waals surface area (Å²) in [6.07, 6.45) is 6.20.